The Morgan fingerprint density at radius 3 is 1.62 bits per heavy atom. The van der Waals surface area contributed by atoms with Crippen molar-refractivity contribution in [2.75, 3.05) is 45.9 Å². The molecule has 216 valence electrons. The summed E-state index contributed by atoms with van der Waals surface area (Å²) in [5.41, 5.74) is 2.66. The number of aliphatic hydroxyl groups is 1. The number of piperazine rings is 1. The minimum atomic E-state index is -0.136. The Kier molecular flexibility index (Phi) is 11.5. The molecule has 0 spiro atoms. The van der Waals surface area contributed by atoms with Crippen molar-refractivity contribution in [3.05, 3.63) is 71.8 Å². The monoisotopic (exact) mass is 534 g/mol. The Morgan fingerprint density at radius 1 is 0.718 bits per heavy atom. The average Bonchev–Trinajstić information content (AvgIpc) is 2.98. The van der Waals surface area contributed by atoms with E-state index in [1.165, 1.54) is 49.7 Å². The van der Waals surface area contributed by atoms with Gasteiger partial charge in [-0.15, -0.1) is 0 Å². The second-order valence-corrected chi connectivity index (χ2v) is 12.0. The summed E-state index contributed by atoms with van der Waals surface area (Å²) in [6, 6.07) is 21.1. The zero-order chi connectivity index (χ0) is 27.7. The number of hydrogen-bond acceptors (Lipinski definition) is 4. The fourth-order valence-electron chi connectivity index (χ4n) is 8.16. The quantitative estimate of drug-likeness (QED) is 0.374. The van der Waals surface area contributed by atoms with Gasteiger partial charge in [-0.3, -0.25) is 9.80 Å². The number of nitrogens with zero attached hydrogens (tertiary/aromatic N) is 2. The van der Waals surface area contributed by atoms with Crippen LogP contribution in [0.3, 0.4) is 0 Å². The smallest absolute Gasteiger partial charge is 0.108 e. The Morgan fingerprint density at radius 2 is 1.15 bits per heavy atom. The van der Waals surface area contributed by atoms with Crippen molar-refractivity contribution in [2.45, 2.75) is 78.4 Å². The van der Waals surface area contributed by atoms with Gasteiger partial charge in [0, 0.05) is 39.3 Å². The molecule has 0 aromatic heterocycles. The molecule has 7 rings (SSSR count). The fraction of sp³-hybridized carbons (Fsp3) is 0.657. The number of rotatable bonds is 9. The van der Waals surface area contributed by atoms with Gasteiger partial charge in [-0.2, -0.15) is 0 Å². The van der Waals surface area contributed by atoms with E-state index in [0.717, 1.165) is 63.6 Å². The maximum Gasteiger partial charge on any atom is 0.108 e. The molecule has 4 aliphatic carbocycles. The number of β-amino-alcohol motifs (C(OH)–C–C–N with tert-alkyl or cyclic N) is 1. The predicted molar refractivity (Wildman–Crippen MR) is 163 cm³/mol. The van der Waals surface area contributed by atoms with Gasteiger partial charge in [-0.1, -0.05) is 88.4 Å². The van der Waals surface area contributed by atoms with E-state index in [1.807, 2.05) is 27.7 Å². The van der Waals surface area contributed by atoms with Crippen molar-refractivity contribution in [1.29, 1.82) is 0 Å². The summed E-state index contributed by atoms with van der Waals surface area (Å²) in [5, 5.41) is 11.4. The van der Waals surface area contributed by atoms with Crippen molar-refractivity contribution in [3.63, 3.8) is 0 Å². The van der Waals surface area contributed by atoms with Gasteiger partial charge in [0.1, 0.15) is 6.10 Å². The third-order valence-corrected chi connectivity index (χ3v) is 9.59. The van der Waals surface area contributed by atoms with Crippen molar-refractivity contribution >= 4 is 0 Å². The zero-order valence-electron chi connectivity index (χ0n) is 25.1. The molecule has 4 nitrogen and oxygen atoms in total. The van der Waals surface area contributed by atoms with Gasteiger partial charge in [0.25, 0.3) is 0 Å². The molecule has 4 bridgehead atoms. The Bertz CT molecular complexity index is 867. The molecule has 0 radical (unpaired) electrons. The average molecular weight is 535 g/mol. The lowest BCUT2D eigenvalue weighted by molar-refractivity contribution is -0.128. The highest BCUT2D eigenvalue weighted by Gasteiger charge is 2.54. The third kappa shape index (κ3) is 7.52. The lowest BCUT2D eigenvalue weighted by Gasteiger charge is -2.59. The Balaban J connectivity index is 0.000000845. The largest absolute Gasteiger partial charge is 0.391 e. The van der Waals surface area contributed by atoms with Crippen molar-refractivity contribution in [1.82, 2.24) is 9.80 Å². The van der Waals surface area contributed by atoms with E-state index < -0.39 is 0 Å². The minimum absolute atomic E-state index is 0.0193. The van der Waals surface area contributed by atoms with Crippen LogP contribution in [0.5, 0.6) is 0 Å². The number of aliphatic hydroxyl groups excluding tert-OH is 1. The lowest BCUT2D eigenvalue weighted by Crippen LogP contribution is -2.56. The van der Waals surface area contributed by atoms with Crippen LogP contribution in [0.15, 0.2) is 60.7 Å². The first-order valence-corrected chi connectivity index (χ1v) is 16.0. The highest BCUT2D eigenvalue weighted by Crippen LogP contribution is 2.61. The molecule has 1 heterocycles. The first-order chi connectivity index (χ1) is 19.2. The van der Waals surface area contributed by atoms with Crippen LogP contribution in [0.25, 0.3) is 0 Å². The molecule has 5 aliphatic rings. The molecule has 1 saturated heterocycles. The van der Waals surface area contributed by atoms with Crippen molar-refractivity contribution < 1.29 is 9.84 Å². The van der Waals surface area contributed by atoms with E-state index in [-0.39, 0.29) is 17.6 Å². The first kappa shape index (κ1) is 30.2. The number of benzene rings is 2. The maximum atomic E-state index is 11.4. The van der Waals surface area contributed by atoms with Crippen LogP contribution in [-0.2, 0) is 4.74 Å². The van der Waals surface area contributed by atoms with Gasteiger partial charge in [0.05, 0.1) is 12.7 Å². The van der Waals surface area contributed by atoms with E-state index in [0.29, 0.717) is 0 Å². The first-order valence-electron chi connectivity index (χ1n) is 16.0. The topological polar surface area (TPSA) is 35.9 Å². The summed E-state index contributed by atoms with van der Waals surface area (Å²) >= 11 is 0. The lowest BCUT2D eigenvalue weighted by atomic mass is 9.48. The SMILES string of the molecule is CC.CC.OC(CN1CCN(CCOC(c2ccccc2)c2ccccc2)CC1)C12CC3CC(CC(C3)C1)C2. The molecular formula is C35H54N2O2. The molecule has 2 aromatic rings. The summed E-state index contributed by atoms with van der Waals surface area (Å²) in [7, 11) is 0. The zero-order valence-corrected chi connectivity index (χ0v) is 25.1. The highest BCUT2D eigenvalue weighted by molar-refractivity contribution is 5.29. The second kappa shape index (κ2) is 14.8. The molecule has 1 N–H and O–H groups in total. The maximum absolute atomic E-state index is 11.4. The molecule has 5 fully saturated rings. The van der Waals surface area contributed by atoms with Crippen LogP contribution in [0, 0.1) is 23.2 Å². The van der Waals surface area contributed by atoms with E-state index in [4.69, 9.17) is 4.74 Å². The van der Waals surface area contributed by atoms with Crippen LogP contribution in [0.4, 0.5) is 0 Å². The van der Waals surface area contributed by atoms with Crippen LogP contribution >= 0.6 is 0 Å². The van der Waals surface area contributed by atoms with Gasteiger partial charge in [0.15, 0.2) is 0 Å². The number of hydrogen-bond donors (Lipinski definition) is 1. The number of ether oxygens (including phenoxy) is 1. The Hall–Kier alpha value is -1.72. The van der Waals surface area contributed by atoms with Gasteiger partial charge in [-0.25, -0.2) is 0 Å². The summed E-state index contributed by atoms with van der Waals surface area (Å²) in [4.78, 5) is 5.05. The van der Waals surface area contributed by atoms with Crippen LogP contribution < -0.4 is 0 Å². The summed E-state index contributed by atoms with van der Waals surface area (Å²) in [6.45, 7) is 14.8. The Labute approximate surface area is 238 Å². The van der Waals surface area contributed by atoms with Crippen molar-refractivity contribution in [2.24, 2.45) is 23.2 Å². The summed E-state index contributed by atoms with van der Waals surface area (Å²) < 4.78 is 6.45. The molecule has 1 aliphatic heterocycles. The van der Waals surface area contributed by atoms with E-state index in [9.17, 15) is 5.11 Å². The van der Waals surface area contributed by atoms with Gasteiger partial charge < -0.3 is 9.84 Å². The molecule has 4 heteroatoms. The van der Waals surface area contributed by atoms with Crippen molar-refractivity contribution in [3.8, 4) is 0 Å². The van der Waals surface area contributed by atoms with Crippen LogP contribution in [-0.4, -0.2) is 66.9 Å². The third-order valence-electron chi connectivity index (χ3n) is 9.59. The van der Waals surface area contributed by atoms with Gasteiger partial charge in [-0.05, 0) is 72.8 Å². The van der Waals surface area contributed by atoms with E-state index >= 15 is 0 Å². The van der Waals surface area contributed by atoms with Gasteiger partial charge >= 0.3 is 0 Å². The summed E-state index contributed by atoms with van der Waals surface area (Å²) in [6.07, 6.45) is 8.06. The molecule has 2 aromatic carbocycles. The fourth-order valence-corrected chi connectivity index (χ4v) is 8.16. The van der Waals surface area contributed by atoms with Crippen LogP contribution in [0.1, 0.15) is 83.5 Å². The molecule has 1 atom stereocenters. The molecular weight excluding hydrogens is 480 g/mol. The van der Waals surface area contributed by atoms with E-state index in [2.05, 4.69) is 70.5 Å². The molecule has 1 unspecified atom stereocenters. The van der Waals surface area contributed by atoms with Gasteiger partial charge in [0.2, 0.25) is 0 Å². The molecule has 0 amide bonds. The standard InChI is InChI=1S/C31H42N2O2.2C2H6/c34-29(31-20-24-17-25(21-31)19-26(18-24)22-31)23-33-13-11-32(12-14-33)15-16-35-30(27-7-3-1-4-8-27)28-9-5-2-6-10-28;2*1-2/h1-10,24-26,29-30,34H,11-23H2;2*1-2H3. The van der Waals surface area contributed by atoms with E-state index in [1.54, 1.807) is 0 Å². The second-order valence-electron chi connectivity index (χ2n) is 12.0. The normalized spacial score (nSPS) is 28.8. The molecule has 4 saturated carbocycles. The minimum Gasteiger partial charge on any atom is -0.391 e. The highest BCUT2D eigenvalue weighted by atomic mass is 16.5. The molecule has 39 heavy (non-hydrogen) atoms. The van der Waals surface area contributed by atoms with Crippen LogP contribution in [0.2, 0.25) is 0 Å². The summed E-state index contributed by atoms with van der Waals surface area (Å²) in [5.74, 6) is 2.72. The predicted octanol–water partition coefficient (Wildman–Crippen LogP) is 7.04.